The van der Waals surface area contributed by atoms with Crippen molar-refractivity contribution in [3.05, 3.63) is 83.4 Å². The fourth-order valence-electron chi connectivity index (χ4n) is 2.93. The molecule has 0 radical (unpaired) electrons. The average Bonchev–Trinajstić information content (AvgIpc) is 2.79. The number of carbonyl (C=O) groups excluding carboxylic acids is 2. The third-order valence-corrected chi connectivity index (χ3v) is 4.90. The summed E-state index contributed by atoms with van der Waals surface area (Å²) in [6.45, 7) is 2.32. The molecule has 0 aromatic heterocycles. The fourth-order valence-corrected chi connectivity index (χ4v) is 2.93. The van der Waals surface area contributed by atoms with Gasteiger partial charge in [0.1, 0.15) is 11.5 Å². The van der Waals surface area contributed by atoms with Gasteiger partial charge in [-0.3, -0.25) is 0 Å². The third-order valence-electron chi connectivity index (χ3n) is 4.90. The van der Waals surface area contributed by atoms with Crippen molar-refractivity contribution in [1.82, 2.24) is 0 Å². The summed E-state index contributed by atoms with van der Waals surface area (Å²) in [6.07, 6.45) is -6.88. The van der Waals surface area contributed by atoms with E-state index in [0.29, 0.717) is 11.1 Å². The van der Waals surface area contributed by atoms with E-state index in [-0.39, 0.29) is 11.3 Å². The average molecular weight is 458 g/mol. The Morgan fingerprint density at radius 3 is 1.88 bits per heavy atom. The minimum atomic E-state index is -4.65. The van der Waals surface area contributed by atoms with Gasteiger partial charge in [-0.2, -0.15) is 13.2 Å². The molecule has 0 saturated heterocycles. The summed E-state index contributed by atoms with van der Waals surface area (Å²) in [5.41, 5.74) is 2.49. The van der Waals surface area contributed by atoms with Gasteiger partial charge in [0.15, 0.2) is 6.10 Å². The summed E-state index contributed by atoms with van der Waals surface area (Å²) in [5.74, 6) is -0.807. The molecule has 0 aliphatic rings. The number of rotatable bonds is 6. The molecule has 172 valence electrons. The van der Waals surface area contributed by atoms with E-state index < -0.39 is 24.2 Å². The number of alkyl halides is 3. The molecule has 0 aliphatic heterocycles. The van der Waals surface area contributed by atoms with Crippen molar-refractivity contribution < 1.29 is 37.0 Å². The molecule has 0 heterocycles. The Kier molecular flexibility index (Phi) is 7.06. The van der Waals surface area contributed by atoms with Gasteiger partial charge in [0.25, 0.3) is 0 Å². The normalized spacial score (nSPS) is 12.1. The van der Waals surface area contributed by atoms with Crippen molar-refractivity contribution in [1.29, 1.82) is 0 Å². The predicted molar refractivity (Wildman–Crippen MR) is 116 cm³/mol. The van der Waals surface area contributed by atoms with Gasteiger partial charge in [-0.25, -0.2) is 9.59 Å². The Bertz CT molecular complexity index is 1140. The summed E-state index contributed by atoms with van der Waals surface area (Å²) >= 11 is 0. The first-order valence-electron chi connectivity index (χ1n) is 9.93. The maximum Gasteiger partial charge on any atom is 0.425 e. The molecule has 0 amide bonds. The first-order valence-corrected chi connectivity index (χ1v) is 9.93. The second-order valence-electron chi connectivity index (χ2n) is 7.26. The molecular formula is C25H21F3O5. The van der Waals surface area contributed by atoms with Gasteiger partial charge in [-0.05, 0) is 73.0 Å². The molecular weight excluding hydrogens is 437 g/mol. The summed E-state index contributed by atoms with van der Waals surface area (Å²) in [5, 5.41) is 0. The van der Waals surface area contributed by atoms with Crippen molar-refractivity contribution in [2.24, 2.45) is 0 Å². The number of methoxy groups -OCH3 is 1. The van der Waals surface area contributed by atoms with Crippen molar-refractivity contribution in [2.75, 3.05) is 7.11 Å². The van der Waals surface area contributed by atoms with Gasteiger partial charge in [-0.15, -0.1) is 0 Å². The van der Waals surface area contributed by atoms with Crippen molar-refractivity contribution in [2.45, 2.75) is 26.1 Å². The number of hydrogen-bond acceptors (Lipinski definition) is 5. The minimum absolute atomic E-state index is 0.0766. The highest BCUT2D eigenvalue weighted by Gasteiger charge is 2.39. The zero-order chi connectivity index (χ0) is 24.2. The molecule has 0 N–H and O–H groups in total. The van der Waals surface area contributed by atoms with E-state index in [9.17, 15) is 22.8 Å². The third kappa shape index (κ3) is 5.91. The van der Waals surface area contributed by atoms with Crippen molar-refractivity contribution in [3.8, 4) is 22.6 Å². The van der Waals surface area contributed by atoms with Crippen LogP contribution in [0.2, 0.25) is 0 Å². The van der Waals surface area contributed by atoms with E-state index in [2.05, 4.69) is 4.74 Å². The van der Waals surface area contributed by atoms with Crippen LogP contribution in [0.15, 0.2) is 66.7 Å². The molecule has 0 fully saturated rings. The molecule has 3 rings (SSSR count). The quantitative estimate of drug-likeness (QED) is 0.335. The molecule has 0 saturated carbocycles. The van der Waals surface area contributed by atoms with Crippen LogP contribution in [0.25, 0.3) is 11.1 Å². The number of esters is 2. The minimum Gasteiger partial charge on any atom is -0.497 e. The van der Waals surface area contributed by atoms with Crippen molar-refractivity contribution in [3.63, 3.8) is 0 Å². The molecule has 1 unspecified atom stereocenters. The summed E-state index contributed by atoms with van der Waals surface area (Å²) in [6, 6.07) is 18.2. The lowest BCUT2D eigenvalue weighted by molar-refractivity contribution is -0.198. The van der Waals surface area contributed by atoms with Crippen LogP contribution >= 0.6 is 0 Å². The largest absolute Gasteiger partial charge is 0.497 e. The van der Waals surface area contributed by atoms with Crippen LogP contribution < -0.4 is 9.47 Å². The van der Waals surface area contributed by atoms with Crippen molar-refractivity contribution >= 4 is 11.9 Å². The summed E-state index contributed by atoms with van der Waals surface area (Å²) < 4.78 is 52.7. The highest BCUT2D eigenvalue weighted by Crippen LogP contribution is 2.26. The Hall–Kier alpha value is -3.81. The number of ether oxygens (including phenoxy) is 3. The fraction of sp³-hybridized carbons (Fsp3) is 0.200. The summed E-state index contributed by atoms with van der Waals surface area (Å²) in [4.78, 5) is 24.5. The number of carbonyl (C=O) groups is 2. The van der Waals surface area contributed by atoms with Gasteiger partial charge in [0.2, 0.25) is 0 Å². The second-order valence-corrected chi connectivity index (χ2v) is 7.26. The topological polar surface area (TPSA) is 61.8 Å². The Morgan fingerprint density at radius 2 is 1.36 bits per heavy atom. The highest BCUT2D eigenvalue weighted by molar-refractivity contribution is 5.93. The molecule has 8 heteroatoms. The molecule has 5 nitrogen and oxygen atoms in total. The maximum absolute atomic E-state index is 12.6. The van der Waals surface area contributed by atoms with E-state index >= 15 is 0 Å². The SMILES string of the molecule is COc1ccc(-c2ccc(C(=O)Oc3ccc(C(=O)OC(C)C(F)(F)F)cc3C)cc2)cc1. The van der Waals surface area contributed by atoms with Crippen LogP contribution in [-0.4, -0.2) is 31.3 Å². The summed E-state index contributed by atoms with van der Waals surface area (Å²) in [7, 11) is 1.59. The molecule has 0 aliphatic carbocycles. The molecule has 3 aromatic rings. The number of benzene rings is 3. The highest BCUT2D eigenvalue weighted by atomic mass is 19.4. The van der Waals surface area contributed by atoms with Crippen LogP contribution in [0.1, 0.15) is 33.2 Å². The van der Waals surface area contributed by atoms with Gasteiger partial charge in [0.05, 0.1) is 18.2 Å². The monoisotopic (exact) mass is 458 g/mol. The van der Waals surface area contributed by atoms with Crippen LogP contribution in [0, 0.1) is 6.92 Å². The lowest BCUT2D eigenvalue weighted by Crippen LogP contribution is -2.30. The number of aryl methyl sites for hydroxylation is 1. The Labute approximate surface area is 188 Å². The van der Waals surface area contributed by atoms with E-state index in [1.165, 1.54) is 18.2 Å². The molecule has 33 heavy (non-hydrogen) atoms. The lowest BCUT2D eigenvalue weighted by Gasteiger charge is -2.16. The molecule has 0 bridgehead atoms. The zero-order valence-corrected chi connectivity index (χ0v) is 18.1. The maximum atomic E-state index is 12.6. The smallest absolute Gasteiger partial charge is 0.425 e. The second kappa shape index (κ2) is 9.77. The van der Waals surface area contributed by atoms with Crippen LogP contribution in [0.4, 0.5) is 13.2 Å². The molecule has 0 spiro atoms. The Morgan fingerprint density at radius 1 is 0.818 bits per heavy atom. The van der Waals surface area contributed by atoms with Gasteiger partial charge < -0.3 is 14.2 Å². The molecule has 1 atom stereocenters. The van der Waals surface area contributed by atoms with Crippen LogP contribution in [0.5, 0.6) is 11.5 Å². The van der Waals surface area contributed by atoms with E-state index in [1.807, 2.05) is 24.3 Å². The standard InChI is InChI=1S/C25H21F3O5/c1-15-14-20(24(30)32-16(2)25(26,27)28)10-13-22(15)33-23(29)19-6-4-17(5-7-19)18-8-11-21(31-3)12-9-18/h4-14,16H,1-3H3. The zero-order valence-electron chi connectivity index (χ0n) is 18.1. The van der Waals surface area contributed by atoms with Crippen LogP contribution in [0.3, 0.4) is 0 Å². The molecule has 3 aromatic carbocycles. The lowest BCUT2D eigenvalue weighted by atomic mass is 10.0. The van der Waals surface area contributed by atoms with Crippen LogP contribution in [-0.2, 0) is 4.74 Å². The first kappa shape index (κ1) is 23.8. The van der Waals surface area contributed by atoms with Gasteiger partial charge in [-0.1, -0.05) is 24.3 Å². The van der Waals surface area contributed by atoms with E-state index in [4.69, 9.17) is 9.47 Å². The number of halogens is 3. The first-order chi connectivity index (χ1) is 15.6. The van der Waals surface area contributed by atoms with Gasteiger partial charge in [0, 0.05) is 0 Å². The predicted octanol–water partition coefficient (Wildman–Crippen LogP) is 6.00. The van der Waals surface area contributed by atoms with Gasteiger partial charge >= 0.3 is 18.1 Å². The Balaban J connectivity index is 1.68. The van der Waals surface area contributed by atoms with E-state index in [1.54, 1.807) is 38.3 Å². The van der Waals surface area contributed by atoms with E-state index in [0.717, 1.165) is 23.8 Å². The number of hydrogen-bond donors (Lipinski definition) is 0.